The molecule has 0 atom stereocenters. The molecule has 0 aliphatic heterocycles. The molecule has 0 amide bonds. The van der Waals surface area contributed by atoms with Crippen LogP contribution in [-0.2, 0) is 0 Å². The third-order valence-corrected chi connectivity index (χ3v) is 2.24. The zero-order valence-corrected chi connectivity index (χ0v) is 9.45. The van der Waals surface area contributed by atoms with Crippen LogP contribution in [0.2, 0.25) is 0 Å². The fourth-order valence-corrected chi connectivity index (χ4v) is 1.47. The summed E-state index contributed by atoms with van der Waals surface area (Å²) in [6.45, 7) is 4.31. The second-order valence-electron chi connectivity index (χ2n) is 3.82. The van der Waals surface area contributed by atoms with Gasteiger partial charge in [0.1, 0.15) is 5.82 Å². The van der Waals surface area contributed by atoms with Gasteiger partial charge in [0.25, 0.3) is 0 Å². The Morgan fingerprint density at radius 2 is 2.12 bits per heavy atom. The molecule has 0 aliphatic carbocycles. The molecule has 1 aromatic heterocycles. The Morgan fingerprint density at radius 3 is 2.62 bits per heavy atom. The Morgan fingerprint density at radius 1 is 1.44 bits per heavy atom. The first kappa shape index (κ1) is 12.8. The van der Waals surface area contributed by atoms with E-state index < -0.39 is 11.6 Å². The number of hydrogen-bond acceptors (Lipinski definition) is 3. The van der Waals surface area contributed by atoms with Gasteiger partial charge in [-0.1, -0.05) is 0 Å². The van der Waals surface area contributed by atoms with E-state index in [0.717, 1.165) is 12.3 Å². The van der Waals surface area contributed by atoms with Crippen molar-refractivity contribution in [2.45, 2.75) is 26.3 Å². The Labute approximate surface area is 93.7 Å². The number of nitrogens with zero attached hydrogens (tertiary/aromatic N) is 2. The van der Waals surface area contributed by atoms with Crippen molar-refractivity contribution in [3.63, 3.8) is 0 Å². The zero-order valence-electron chi connectivity index (χ0n) is 9.45. The maximum atomic E-state index is 13.5. The van der Waals surface area contributed by atoms with Crippen LogP contribution in [0.4, 0.5) is 14.6 Å². The highest BCUT2D eigenvalue weighted by Gasteiger charge is 2.16. The molecule has 3 nitrogen and oxygen atoms in total. The fourth-order valence-electron chi connectivity index (χ4n) is 1.47. The number of aliphatic hydroxyl groups is 1. The van der Waals surface area contributed by atoms with Crippen LogP contribution >= 0.6 is 0 Å². The molecule has 1 heterocycles. The first-order valence-corrected chi connectivity index (χ1v) is 5.24. The van der Waals surface area contributed by atoms with E-state index in [-0.39, 0.29) is 18.5 Å². The Balaban J connectivity index is 2.92. The van der Waals surface area contributed by atoms with E-state index in [2.05, 4.69) is 4.98 Å². The minimum atomic E-state index is -0.688. The topological polar surface area (TPSA) is 36.4 Å². The standard InChI is InChI=1S/C11H16F2N2O/c1-8(2)15(4-3-5-16)11-10(13)6-9(12)7-14-11/h6-8,16H,3-5H2,1-2H3. The number of hydrogen-bond donors (Lipinski definition) is 1. The number of rotatable bonds is 5. The van der Waals surface area contributed by atoms with E-state index in [0.29, 0.717) is 13.0 Å². The first-order valence-electron chi connectivity index (χ1n) is 5.24. The SMILES string of the molecule is CC(C)N(CCCO)c1ncc(F)cc1F. The second-order valence-corrected chi connectivity index (χ2v) is 3.82. The van der Waals surface area contributed by atoms with Crippen molar-refractivity contribution < 1.29 is 13.9 Å². The van der Waals surface area contributed by atoms with E-state index in [1.165, 1.54) is 0 Å². The van der Waals surface area contributed by atoms with Gasteiger partial charge in [-0.25, -0.2) is 13.8 Å². The lowest BCUT2D eigenvalue weighted by Gasteiger charge is -2.27. The van der Waals surface area contributed by atoms with Crippen molar-refractivity contribution in [3.8, 4) is 0 Å². The summed E-state index contributed by atoms with van der Waals surface area (Å²) in [5.74, 6) is -1.23. The molecule has 0 bridgehead atoms. The lowest BCUT2D eigenvalue weighted by molar-refractivity contribution is 0.288. The van der Waals surface area contributed by atoms with Gasteiger partial charge in [0, 0.05) is 25.3 Å². The average molecular weight is 230 g/mol. The summed E-state index contributed by atoms with van der Waals surface area (Å²) in [4.78, 5) is 5.45. The third-order valence-electron chi connectivity index (χ3n) is 2.24. The van der Waals surface area contributed by atoms with Crippen LogP contribution in [0.15, 0.2) is 12.3 Å². The summed E-state index contributed by atoms with van der Waals surface area (Å²) in [6.07, 6.45) is 1.52. The predicted octanol–water partition coefficient (Wildman–Crippen LogP) is 1.96. The number of aromatic nitrogens is 1. The summed E-state index contributed by atoms with van der Waals surface area (Å²) in [6, 6.07) is 0.857. The highest BCUT2D eigenvalue weighted by molar-refractivity contribution is 5.40. The molecule has 1 aromatic rings. The summed E-state index contributed by atoms with van der Waals surface area (Å²) >= 11 is 0. The first-order chi connectivity index (χ1) is 7.56. The lowest BCUT2D eigenvalue weighted by atomic mass is 10.2. The van der Waals surface area contributed by atoms with Crippen molar-refractivity contribution in [2.75, 3.05) is 18.1 Å². The van der Waals surface area contributed by atoms with Gasteiger partial charge in [0.05, 0.1) is 6.20 Å². The molecule has 0 aliphatic rings. The van der Waals surface area contributed by atoms with Crippen LogP contribution in [0, 0.1) is 11.6 Å². The van der Waals surface area contributed by atoms with Crippen molar-refractivity contribution in [2.24, 2.45) is 0 Å². The minimum Gasteiger partial charge on any atom is -0.396 e. The molecule has 0 unspecified atom stereocenters. The van der Waals surface area contributed by atoms with Crippen molar-refractivity contribution in [3.05, 3.63) is 23.9 Å². The average Bonchev–Trinajstić information content (AvgIpc) is 2.20. The Hall–Kier alpha value is -1.23. The van der Waals surface area contributed by atoms with Crippen LogP contribution in [0.5, 0.6) is 0 Å². The molecule has 0 radical (unpaired) electrons. The van der Waals surface area contributed by atoms with Crippen molar-refractivity contribution in [1.82, 2.24) is 4.98 Å². The highest BCUT2D eigenvalue weighted by Crippen LogP contribution is 2.19. The second kappa shape index (κ2) is 5.75. The Kier molecular flexibility index (Phi) is 4.61. The molecule has 5 heteroatoms. The van der Waals surface area contributed by atoms with Crippen molar-refractivity contribution in [1.29, 1.82) is 0 Å². The maximum absolute atomic E-state index is 13.5. The normalized spacial score (nSPS) is 10.9. The van der Waals surface area contributed by atoms with Gasteiger partial charge in [0.15, 0.2) is 11.6 Å². The molecule has 16 heavy (non-hydrogen) atoms. The van der Waals surface area contributed by atoms with E-state index in [1.807, 2.05) is 13.8 Å². The van der Waals surface area contributed by atoms with Crippen LogP contribution in [0.3, 0.4) is 0 Å². The zero-order chi connectivity index (χ0) is 12.1. The molecule has 0 saturated heterocycles. The molecule has 0 saturated carbocycles. The molecule has 0 aromatic carbocycles. The van der Waals surface area contributed by atoms with Gasteiger partial charge in [0.2, 0.25) is 0 Å². The van der Waals surface area contributed by atoms with Gasteiger partial charge < -0.3 is 10.0 Å². The van der Waals surface area contributed by atoms with Crippen LogP contribution in [-0.4, -0.2) is 29.3 Å². The fraction of sp³-hybridized carbons (Fsp3) is 0.545. The molecule has 90 valence electrons. The van der Waals surface area contributed by atoms with Gasteiger partial charge in [-0.15, -0.1) is 0 Å². The molecule has 0 fully saturated rings. The molecule has 0 spiro atoms. The van der Waals surface area contributed by atoms with E-state index >= 15 is 0 Å². The smallest absolute Gasteiger partial charge is 0.168 e. The van der Waals surface area contributed by atoms with E-state index in [9.17, 15) is 8.78 Å². The van der Waals surface area contributed by atoms with Gasteiger partial charge >= 0.3 is 0 Å². The summed E-state index contributed by atoms with van der Waals surface area (Å²) in [5, 5.41) is 8.76. The van der Waals surface area contributed by atoms with Gasteiger partial charge in [-0.3, -0.25) is 0 Å². The van der Waals surface area contributed by atoms with Gasteiger partial charge in [-0.2, -0.15) is 0 Å². The maximum Gasteiger partial charge on any atom is 0.168 e. The van der Waals surface area contributed by atoms with E-state index in [4.69, 9.17) is 5.11 Å². The van der Waals surface area contributed by atoms with Crippen LogP contribution < -0.4 is 4.90 Å². The quantitative estimate of drug-likeness (QED) is 0.840. The molecular formula is C11H16F2N2O. The summed E-state index contributed by atoms with van der Waals surface area (Å²) in [5.41, 5.74) is 0. The molecule has 1 rings (SSSR count). The molecular weight excluding hydrogens is 214 g/mol. The summed E-state index contributed by atoms with van der Waals surface area (Å²) < 4.78 is 26.2. The number of anilines is 1. The van der Waals surface area contributed by atoms with Gasteiger partial charge in [-0.05, 0) is 20.3 Å². The monoisotopic (exact) mass is 230 g/mol. The number of halogens is 2. The van der Waals surface area contributed by atoms with E-state index in [1.54, 1.807) is 4.90 Å². The van der Waals surface area contributed by atoms with Crippen molar-refractivity contribution >= 4 is 5.82 Å². The highest BCUT2D eigenvalue weighted by atomic mass is 19.1. The third kappa shape index (κ3) is 3.13. The lowest BCUT2D eigenvalue weighted by Crippen LogP contribution is -2.33. The number of pyridine rings is 1. The largest absolute Gasteiger partial charge is 0.396 e. The number of aliphatic hydroxyl groups excluding tert-OH is 1. The predicted molar refractivity (Wildman–Crippen MR) is 58.3 cm³/mol. The minimum absolute atomic E-state index is 0.0338. The Bertz CT molecular complexity index is 345. The van der Waals surface area contributed by atoms with Crippen LogP contribution in [0.25, 0.3) is 0 Å². The van der Waals surface area contributed by atoms with Crippen LogP contribution in [0.1, 0.15) is 20.3 Å². The summed E-state index contributed by atoms with van der Waals surface area (Å²) in [7, 11) is 0. The molecule has 1 N–H and O–H groups in total.